The summed E-state index contributed by atoms with van der Waals surface area (Å²) in [5, 5.41) is 4.41. The topological polar surface area (TPSA) is 21.1 Å². The van der Waals surface area contributed by atoms with E-state index >= 15 is 0 Å². The van der Waals surface area contributed by atoms with Gasteiger partial charge in [-0.3, -0.25) is 9.58 Å². The summed E-state index contributed by atoms with van der Waals surface area (Å²) in [6.45, 7) is 8.70. The highest BCUT2D eigenvalue weighted by molar-refractivity contribution is 5.10. The molecule has 1 aliphatic heterocycles. The Morgan fingerprint density at radius 1 is 1.44 bits per heavy atom. The highest BCUT2D eigenvalue weighted by Gasteiger charge is 2.19. The van der Waals surface area contributed by atoms with E-state index in [1.165, 1.54) is 24.8 Å². The molecule has 0 aromatic carbocycles. The van der Waals surface area contributed by atoms with Crippen LogP contribution in [-0.4, -0.2) is 27.3 Å². The minimum Gasteiger partial charge on any atom is -0.289 e. The maximum atomic E-state index is 4.41. The van der Waals surface area contributed by atoms with Gasteiger partial charge >= 0.3 is 0 Å². The molecule has 1 aliphatic rings. The van der Waals surface area contributed by atoms with Crippen molar-refractivity contribution in [3.63, 3.8) is 0 Å². The molecule has 1 aromatic rings. The molecule has 2 heterocycles. The van der Waals surface area contributed by atoms with Crippen LogP contribution in [0, 0.1) is 0 Å². The third-order valence-corrected chi connectivity index (χ3v) is 3.59. The Morgan fingerprint density at radius 2 is 2.28 bits per heavy atom. The van der Waals surface area contributed by atoms with Crippen LogP contribution in [0.1, 0.15) is 51.6 Å². The SMILES string of the molecule is CCCCC1C=CCN1Cc1cnn(C(C)C)c1. The van der Waals surface area contributed by atoms with Gasteiger partial charge in [-0.05, 0) is 20.3 Å². The van der Waals surface area contributed by atoms with Crippen molar-refractivity contribution in [1.82, 2.24) is 14.7 Å². The fourth-order valence-corrected chi connectivity index (χ4v) is 2.46. The lowest BCUT2D eigenvalue weighted by molar-refractivity contribution is 0.249. The molecule has 0 radical (unpaired) electrons. The molecular formula is C15H25N3. The Labute approximate surface area is 110 Å². The third-order valence-electron chi connectivity index (χ3n) is 3.59. The van der Waals surface area contributed by atoms with Gasteiger partial charge in [-0.2, -0.15) is 5.10 Å². The van der Waals surface area contributed by atoms with Crippen molar-refractivity contribution in [3.8, 4) is 0 Å². The van der Waals surface area contributed by atoms with Crippen molar-refractivity contribution in [2.75, 3.05) is 6.54 Å². The van der Waals surface area contributed by atoms with E-state index in [-0.39, 0.29) is 0 Å². The monoisotopic (exact) mass is 247 g/mol. The van der Waals surface area contributed by atoms with E-state index in [1.54, 1.807) is 0 Å². The maximum Gasteiger partial charge on any atom is 0.0534 e. The fourth-order valence-electron chi connectivity index (χ4n) is 2.46. The maximum absolute atomic E-state index is 4.41. The Morgan fingerprint density at radius 3 is 2.94 bits per heavy atom. The van der Waals surface area contributed by atoms with E-state index < -0.39 is 0 Å². The van der Waals surface area contributed by atoms with Crippen molar-refractivity contribution in [1.29, 1.82) is 0 Å². The molecule has 0 amide bonds. The summed E-state index contributed by atoms with van der Waals surface area (Å²) >= 11 is 0. The van der Waals surface area contributed by atoms with Crippen LogP contribution in [0.3, 0.4) is 0 Å². The number of aromatic nitrogens is 2. The molecule has 1 aromatic heterocycles. The van der Waals surface area contributed by atoms with Crippen LogP contribution in [0.5, 0.6) is 0 Å². The first kappa shape index (κ1) is 13.3. The smallest absolute Gasteiger partial charge is 0.0534 e. The molecule has 1 unspecified atom stereocenters. The standard InChI is InChI=1S/C15H25N3/c1-4-5-7-15-8-6-9-17(15)11-14-10-16-18(12-14)13(2)3/h6,8,10,12-13,15H,4-5,7,9,11H2,1-3H3. The second-order valence-electron chi connectivity index (χ2n) is 5.49. The van der Waals surface area contributed by atoms with Crippen molar-refractivity contribution < 1.29 is 0 Å². The summed E-state index contributed by atoms with van der Waals surface area (Å²) < 4.78 is 2.04. The Kier molecular flexibility index (Phi) is 4.59. The normalized spacial score (nSPS) is 20.1. The first-order valence-electron chi connectivity index (χ1n) is 7.14. The summed E-state index contributed by atoms with van der Waals surface area (Å²) in [6, 6.07) is 1.08. The number of hydrogen-bond donors (Lipinski definition) is 0. The molecule has 18 heavy (non-hydrogen) atoms. The molecule has 3 nitrogen and oxygen atoms in total. The summed E-state index contributed by atoms with van der Waals surface area (Å²) in [4.78, 5) is 2.54. The second kappa shape index (κ2) is 6.19. The first-order chi connectivity index (χ1) is 8.70. The lowest BCUT2D eigenvalue weighted by Crippen LogP contribution is -2.29. The van der Waals surface area contributed by atoms with Gasteiger partial charge in [0.1, 0.15) is 0 Å². The van der Waals surface area contributed by atoms with Gasteiger partial charge in [0.05, 0.1) is 6.20 Å². The van der Waals surface area contributed by atoms with Gasteiger partial charge in [-0.25, -0.2) is 0 Å². The summed E-state index contributed by atoms with van der Waals surface area (Å²) in [6.07, 6.45) is 12.7. The summed E-state index contributed by atoms with van der Waals surface area (Å²) in [5.74, 6) is 0. The van der Waals surface area contributed by atoms with Crippen molar-refractivity contribution in [2.45, 2.75) is 58.7 Å². The molecule has 100 valence electrons. The van der Waals surface area contributed by atoms with Gasteiger partial charge in [0, 0.05) is 36.9 Å². The van der Waals surface area contributed by atoms with Gasteiger partial charge in [0.15, 0.2) is 0 Å². The number of hydrogen-bond acceptors (Lipinski definition) is 2. The molecule has 0 bridgehead atoms. The van der Waals surface area contributed by atoms with Crippen LogP contribution < -0.4 is 0 Å². The van der Waals surface area contributed by atoms with E-state index in [2.05, 4.69) is 49.1 Å². The average Bonchev–Trinajstić information content (AvgIpc) is 2.96. The summed E-state index contributed by atoms with van der Waals surface area (Å²) in [7, 11) is 0. The van der Waals surface area contributed by atoms with E-state index in [0.717, 1.165) is 13.1 Å². The lowest BCUT2D eigenvalue weighted by Gasteiger charge is -2.23. The van der Waals surface area contributed by atoms with E-state index in [1.807, 2.05) is 10.9 Å². The van der Waals surface area contributed by atoms with Crippen LogP contribution in [0.2, 0.25) is 0 Å². The minimum atomic E-state index is 0.450. The van der Waals surface area contributed by atoms with Gasteiger partial charge in [-0.1, -0.05) is 31.9 Å². The van der Waals surface area contributed by atoms with E-state index in [4.69, 9.17) is 0 Å². The second-order valence-corrected chi connectivity index (χ2v) is 5.49. The predicted molar refractivity (Wildman–Crippen MR) is 75.5 cm³/mol. The van der Waals surface area contributed by atoms with E-state index in [9.17, 15) is 0 Å². The quantitative estimate of drug-likeness (QED) is 0.718. The van der Waals surface area contributed by atoms with Gasteiger partial charge in [0.25, 0.3) is 0 Å². The Hall–Kier alpha value is -1.09. The molecule has 3 heteroatoms. The average molecular weight is 247 g/mol. The Bertz CT molecular complexity index is 392. The van der Waals surface area contributed by atoms with Crippen molar-refractivity contribution >= 4 is 0 Å². The van der Waals surface area contributed by atoms with Crippen LogP contribution in [0.15, 0.2) is 24.5 Å². The van der Waals surface area contributed by atoms with Crippen LogP contribution >= 0.6 is 0 Å². The lowest BCUT2D eigenvalue weighted by atomic mass is 10.1. The molecule has 0 saturated carbocycles. The van der Waals surface area contributed by atoms with Gasteiger partial charge < -0.3 is 0 Å². The molecule has 0 aliphatic carbocycles. The van der Waals surface area contributed by atoms with Crippen molar-refractivity contribution in [3.05, 3.63) is 30.1 Å². The van der Waals surface area contributed by atoms with Crippen LogP contribution in [0.25, 0.3) is 0 Å². The molecule has 0 spiro atoms. The highest BCUT2D eigenvalue weighted by atomic mass is 15.3. The largest absolute Gasteiger partial charge is 0.289 e. The predicted octanol–water partition coefficient (Wildman–Crippen LogP) is 3.39. The van der Waals surface area contributed by atoms with Gasteiger partial charge in [0.2, 0.25) is 0 Å². The zero-order chi connectivity index (χ0) is 13.0. The van der Waals surface area contributed by atoms with E-state index in [0.29, 0.717) is 12.1 Å². The number of rotatable bonds is 6. The highest BCUT2D eigenvalue weighted by Crippen LogP contribution is 2.19. The fraction of sp³-hybridized carbons (Fsp3) is 0.667. The first-order valence-corrected chi connectivity index (χ1v) is 7.14. The molecular weight excluding hydrogens is 222 g/mol. The zero-order valence-corrected chi connectivity index (χ0v) is 11.8. The van der Waals surface area contributed by atoms with Crippen LogP contribution in [-0.2, 0) is 6.54 Å². The van der Waals surface area contributed by atoms with Crippen LogP contribution in [0.4, 0.5) is 0 Å². The third kappa shape index (κ3) is 3.22. The molecule has 2 rings (SSSR count). The number of unbranched alkanes of at least 4 members (excludes halogenated alkanes) is 1. The minimum absolute atomic E-state index is 0.450. The van der Waals surface area contributed by atoms with Gasteiger partial charge in [-0.15, -0.1) is 0 Å². The molecule has 1 atom stereocenters. The molecule has 0 fully saturated rings. The number of nitrogens with zero attached hydrogens (tertiary/aromatic N) is 3. The Balaban J connectivity index is 1.91. The van der Waals surface area contributed by atoms with Crippen molar-refractivity contribution in [2.24, 2.45) is 0 Å². The zero-order valence-electron chi connectivity index (χ0n) is 11.8. The summed E-state index contributed by atoms with van der Waals surface area (Å²) in [5.41, 5.74) is 1.33. The molecule has 0 N–H and O–H groups in total. The molecule has 0 saturated heterocycles.